The molecule has 0 spiro atoms. The fourth-order valence-electron chi connectivity index (χ4n) is 2.75. The van der Waals surface area contributed by atoms with Gasteiger partial charge in [-0.05, 0) is 55.2 Å². The average Bonchev–Trinajstić information content (AvgIpc) is 2.30. The van der Waals surface area contributed by atoms with Crippen molar-refractivity contribution < 1.29 is 4.79 Å². The fourth-order valence-corrected chi connectivity index (χ4v) is 2.75. The molecule has 17 heavy (non-hydrogen) atoms. The Morgan fingerprint density at radius 2 is 1.71 bits per heavy atom. The molecule has 3 heteroatoms. The first-order chi connectivity index (χ1) is 8.15. The smallest absolute Gasteiger partial charge is 0.217 e. The maximum atomic E-state index is 10.9. The maximum Gasteiger partial charge on any atom is 0.217 e. The van der Waals surface area contributed by atoms with Gasteiger partial charge in [-0.25, -0.2) is 0 Å². The molecule has 0 unspecified atom stereocenters. The van der Waals surface area contributed by atoms with Crippen LogP contribution in [0.1, 0.15) is 43.6 Å². The number of hydrogen-bond acceptors (Lipinski definition) is 2. The van der Waals surface area contributed by atoms with Crippen molar-refractivity contribution in [2.75, 3.05) is 5.73 Å². The van der Waals surface area contributed by atoms with Gasteiger partial charge >= 0.3 is 0 Å². The highest BCUT2D eigenvalue weighted by Crippen LogP contribution is 2.37. The lowest BCUT2D eigenvalue weighted by Gasteiger charge is -2.28. The van der Waals surface area contributed by atoms with Gasteiger partial charge < -0.3 is 11.5 Å². The lowest BCUT2D eigenvalue weighted by atomic mass is 9.77. The van der Waals surface area contributed by atoms with Gasteiger partial charge in [-0.2, -0.15) is 0 Å². The topological polar surface area (TPSA) is 69.1 Å². The van der Waals surface area contributed by atoms with Crippen LogP contribution in [0, 0.1) is 5.92 Å². The Kier molecular flexibility index (Phi) is 3.67. The Labute approximate surface area is 102 Å². The van der Waals surface area contributed by atoms with Crippen molar-refractivity contribution in [2.24, 2.45) is 11.7 Å². The van der Waals surface area contributed by atoms with E-state index in [1.54, 1.807) is 0 Å². The summed E-state index contributed by atoms with van der Waals surface area (Å²) in [5.41, 5.74) is 13.1. The summed E-state index contributed by atoms with van der Waals surface area (Å²) in [5.74, 6) is 0.957. The number of primary amides is 1. The Morgan fingerprint density at radius 3 is 2.24 bits per heavy atom. The summed E-state index contributed by atoms with van der Waals surface area (Å²) in [6, 6.07) is 8.17. The molecule has 1 aromatic carbocycles. The van der Waals surface area contributed by atoms with Crippen LogP contribution in [0.25, 0.3) is 0 Å². The van der Waals surface area contributed by atoms with Gasteiger partial charge in [-0.3, -0.25) is 4.79 Å². The van der Waals surface area contributed by atoms with Crippen molar-refractivity contribution in [3.05, 3.63) is 29.8 Å². The number of rotatable bonds is 3. The standard InChI is InChI=1S/C14H20N2O/c15-13-7-5-12(6-8-13)11-3-1-10(2-4-11)9-14(16)17/h5-8,10-11H,1-4,9,15H2,(H2,16,17). The third-order valence-electron chi connectivity index (χ3n) is 3.74. The number of amides is 1. The summed E-state index contributed by atoms with van der Waals surface area (Å²) in [4.78, 5) is 10.9. The van der Waals surface area contributed by atoms with Gasteiger partial charge in [0.05, 0.1) is 0 Å². The predicted molar refractivity (Wildman–Crippen MR) is 69.4 cm³/mol. The van der Waals surface area contributed by atoms with Crippen LogP contribution in [0.2, 0.25) is 0 Å². The Balaban J connectivity index is 1.90. The molecule has 1 fully saturated rings. The molecule has 0 heterocycles. The van der Waals surface area contributed by atoms with E-state index in [-0.39, 0.29) is 5.91 Å². The second-order valence-electron chi connectivity index (χ2n) is 5.05. The normalized spacial score (nSPS) is 24.5. The third kappa shape index (κ3) is 3.22. The molecule has 0 aromatic heterocycles. The molecular formula is C14H20N2O. The molecule has 1 aromatic rings. The average molecular weight is 232 g/mol. The number of nitrogens with two attached hydrogens (primary N) is 2. The van der Waals surface area contributed by atoms with Crippen LogP contribution in [0.4, 0.5) is 5.69 Å². The maximum absolute atomic E-state index is 10.9. The summed E-state index contributed by atoms with van der Waals surface area (Å²) in [7, 11) is 0. The zero-order valence-corrected chi connectivity index (χ0v) is 10.1. The van der Waals surface area contributed by atoms with Crippen molar-refractivity contribution in [3.8, 4) is 0 Å². The Hall–Kier alpha value is -1.51. The van der Waals surface area contributed by atoms with E-state index in [2.05, 4.69) is 12.1 Å². The van der Waals surface area contributed by atoms with Crippen LogP contribution in [-0.2, 0) is 4.79 Å². The van der Waals surface area contributed by atoms with E-state index in [1.807, 2.05) is 12.1 Å². The van der Waals surface area contributed by atoms with Gasteiger partial charge in [0.2, 0.25) is 5.91 Å². The van der Waals surface area contributed by atoms with Crippen LogP contribution in [0.5, 0.6) is 0 Å². The number of carbonyl (C=O) groups excluding carboxylic acids is 1. The summed E-state index contributed by atoms with van der Waals surface area (Å²) >= 11 is 0. The van der Waals surface area contributed by atoms with Crippen LogP contribution in [0.3, 0.4) is 0 Å². The third-order valence-corrected chi connectivity index (χ3v) is 3.74. The van der Waals surface area contributed by atoms with Gasteiger partial charge in [-0.1, -0.05) is 12.1 Å². The Bertz CT molecular complexity index is 378. The summed E-state index contributed by atoms with van der Waals surface area (Å²) in [6.45, 7) is 0. The van der Waals surface area contributed by atoms with E-state index in [0.717, 1.165) is 31.4 Å². The molecule has 1 aliphatic rings. The molecule has 1 amide bonds. The summed E-state index contributed by atoms with van der Waals surface area (Å²) in [6.07, 6.45) is 5.08. The molecule has 0 saturated heterocycles. The number of hydrogen-bond donors (Lipinski definition) is 2. The van der Waals surface area contributed by atoms with E-state index in [1.165, 1.54) is 5.56 Å². The second kappa shape index (κ2) is 5.21. The minimum Gasteiger partial charge on any atom is -0.399 e. The van der Waals surface area contributed by atoms with Gasteiger partial charge in [0.15, 0.2) is 0 Å². The summed E-state index contributed by atoms with van der Waals surface area (Å²) < 4.78 is 0. The SMILES string of the molecule is NC(=O)CC1CCC(c2ccc(N)cc2)CC1. The predicted octanol–water partition coefficient (Wildman–Crippen LogP) is 2.42. The van der Waals surface area contributed by atoms with Gasteiger partial charge in [0, 0.05) is 12.1 Å². The minimum atomic E-state index is -0.166. The first-order valence-electron chi connectivity index (χ1n) is 6.29. The number of anilines is 1. The molecule has 1 aliphatic carbocycles. The molecule has 2 rings (SSSR count). The minimum absolute atomic E-state index is 0.166. The van der Waals surface area contributed by atoms with E-state index in [0.29, 0.717) is 18.3 Å². The molecule has 0 bridgehead atoms. The molecule has 92 valence electrons. The molecular weight excluding hydrogens is 212 g/mol. The van der Waals surface area contributed by atoms with Crippen LogP contribution in [-0.4, -0.2) is 5.91 Å². The lowest BCUT2D eigenvalue weighted by molar-refractivity contribution is -0.119. The largest absolute Gasteiger partial charge is 0.399 e. The van der Waals surface area contributed by atoms with Gasteiger partial charge in [0.25, 0.3) is 0 Å². The van der Waals surface area contributed by atoms with Crippen LogP contribution in [0.15, 0.2) is 24.3 Å². The zero-order chi connectivity index (χ0) is 12.3. The molecule has 4 N–H and O–H groups in total. The number of carbonyl (C=O) groups is 1. The lowest BCUT2D eigenvalue weighted by Crippen LogP contribution is -2.20. The van der Waals surface area contributed by atoms with E-state index in [9.17, 15) is 4.79 Å². The molecule has 0 atom stereocenters. The van der Waals surface area contributed by atoms with Gasteiger partial charge in [-0.15, -0.1) is 0 Å². The summed E-state index contributed by atoms with van der Waals surface area (Å²) in [5, 5.41) is 0. The van der Waals surface area contributed by atoms with Crippen molar-refractivity contribution in [2.45, 2.75) is 38.0 Å². The first kappa shape index (κ1) is 12.0. The van der Waals surface area contributed by atoms with E-state index < -0.39 is 0 Å². The monoisotopic (exact) mass is 232 g/mol. The quantitative estimate of drug-likeness (QED) is 0.786. The van der Waals surface area contributed by atoms with Crippen molar-refractivity contribution in [3.63, 3.8) is 0 Å². The molecule has 3 nitrogen and oxygen atoms in total. The molecule has 0 radical (unpaired) electrons. The van der Waals surface area contributed by atoms with Crippen molar-refractivity contribution in [1.29, 1.82) is 0 Å². The van der Waals surface area contributed by atoms with Crippen LogP contribution < -0.4 is 11.5 Å². The Morgan fingerprint density at radius 1 is 1.12 bits per heavy atom. The van der Waals surface area contributed by atoms with E-state index >= 15 is 0 Å². The second-order valence-corrected chi connectivity index (χ2v) is 5.05. The van der Waals surface area contributed by atoms with Crippen LogP contribution >= 0.6 is 0 Å². The molecule has 1 saturated carbocycles. The fraction of sp³-hybridized carbons (Fsp3) is 0.500. The highest BCUT2D eigenvalue weighted by molar-refractivity contribution is 5.73. The van der Waals surface area contributed by atoms with Crippen molar-refractivity contribution in [1.82, 2.24) is 0 Å². The zero-order valence-electron chi connectivity index (χ0n) is 10.1. The molecule has 0 aliphatic heterocycles. The van der Waals surface area contributed by atoms with Crippen molar-refractivity contribution >= 4 is 11.6 Å². The number of benzene rings is 1. The number of nitrogen functional groups attached to an aromatic ring is 1. The highest BCUT2D eigenvalue weighted by atomic mass is 16.1. The first-order valence-corrected chi connectivity index (χ1v) is 6.29. The van der Waals surface area contributed by atoms with E-state index in [4.69, 9.17) is 11.5 Å². The highest BCUT2D eigenvalue weighted by Gasteiger charge is 2.23. The van der Waals surface area contributed by atoms with Gasteiger partial charge in [0.1, 0.15) is 0 Å².